The monoisotopic (exact) mass is 242 g/mol. The van der Waals surface area contributed by atoms with Gasteiger partial charge in [0.15, 0.2) is 0 Å². The Balaban J connectivity index is 1.96. The van der Waals surface area contributed by atoms with E-state index >= 15 is 0 Å². The molecule has 90 valence electrons. The summed E-state index contributed by atoms with van der Waals surface area (Å²) in [6.45, 7) is 0. The van der Waals surface area contributed by atoms with Crippen LogP contribution in [0.3, 0.4) is 0 Å². The molecule has 6 nitrogen and oxygen atoms in total. The van der Waals surface area contributed by atoms with Crippen LogP contribution in [0.25, 0.3) is 22.8 Å². The first kappa shape index (κ1) is 10.5. The molecule has 0 atom stereocenters. The molecule has 3 rings (SSSR count). The van der Waals surface area contributed by atoms with Crippen molar-refractivity contribution in [3.8, 4) is 28.6 Å². The molecule has 18 heavy (non-hydrogen) atoms. The van der Waals surface area contributed by atoms with E-state index in [2.05, 4.69) is 15.2 Å². The smallest absolute Gasteiger partial charge is 0.261 e. The zero-order valence-electron chi connectivity index (χ0n) is 9.61. The summed E-state index contributed by atoms with van der Waals surface area (Å²) in [6.07, 6.45) is 3.46. The summed E-state index contributed by atoms with van der Waals surface area (Å²) in [5.41, 5.74) is 1.56. The lowest BCUT2D eigenvalue weighted by Gasteiger charge is -1.93. The van der Waals surface area contributed by atoms with Crippen molar-refractivity contribution < 1.29 is 9.63 Å². The minimum absolute atomic E-state index is 0.203. The standard InChI is InChI=1S/C12H10N4O2/c1-16-7-9(6-13-16)12-14-11(15-18-12)8-2-4-10(17)5-3-8/h2-7,17H,1H3. The summed E-state index contributed by atoms with van der Waals surface area (Å²) in [7, 11) is 1.82. The number of aromatic nitrogens is 4. The highest BCUT2D eigenvalue weighted by atomic mass is 16.5. The van der Waals surface area contributed by atoms with Crippen molar-refractivity contribution in [1.29, 1.82) is 0 Å². The number of phenolic OH excluding ortho intramolecular Hbond substituents is 1. The fourth-order valence-corrected chi connectivity index (χ4v) is 1.60. The van der Waals surface area contributed by atoms with Crippen LogP contribution in [0.5, 0.6) is 5.75 Å². The Morgan fingerprint density at radius 1 is 1.17 bits per heavy atom. The fourth-order valence-electron chi connectivity index (χ4n) is 1.60. The van der Waals surface area contributed by atoms with Crippen LogP contribution in [0.2, 0.25) is 0 Å². The van der Waals surface area contributed by atoms with E-state index in [4.69, 9.17) is 4.52 Å². The number of rotatable bonds is 2. The lowest BCUT2D eigenvalue weighted by molar-refractivity contribution is 0.432. The summed E-state index contributed by atoms with van der Waals surface area (Å²) in [5, 5.41) is 17.2. The molecule has 1 aromatic carbocycles. The molecule has 0 aliphatic rings. The molecule has 0 saturated carbocycles. The van der Waals surface area contributed by atoms with Crippen molar-refractivity contribution in [2.45, 2.75) is 0 Å². The number of hydrogen-bond donors (Lipinski definition) is 1. The highest BCUT2D eigenvalue weighted by Gasteiger charge is 2.11. The average molecular weight is 242 g/mol. The summed E-state index contributed by atoms with van der Waals surface area (Å²) in [4.78, 5) is 4.28. The van der Waals surface area contributed by atoms with Crippen molar-refractivity contribution in [1.82, 2.24) is 19.9 Å². The van der Waals surface area contributed by atoms with Gasteiger partial charge in [0, 0.05) is 18.8 Å². The Labute approximate surface area is 102 Å². The van der Waals surface area contributed by atoms with Gasteiger partial charge in [-0.05, 0) is 24.3 Å². The second-order valence-electron chi connectivity index (χ2n) is 3.87. The predicted octanol–water partition coefficient (Wildman–Crippen LogP) is 1.84. The molecule has 0 saturated heterocycles. The molecule has 2 heterocycles. The predicted molar refractivity (Wildman–Crippen MR) is 63.6 cm³/mol. The maximum absolute atomic E-state index is 9.21. The van der Waals surface area contributed by atoms with Gasteiger partial charge in [0.25, 0.3) is 5.89 Å². The highest BCUT2D eigenvalue weighted by molar-refractivity contribution is 5.59. The van der Waals surface area contributed by atoms with Gasteiger partial charge >= 0.3 is 0 Å². The highest BCUT2D eigenvalue weighted by Crippen LogP contribution is 2.22. The molecule has 0 aliphatic carbocycles. The van der Waals surface area contributed by atoms with Crippen LogP contribution in [-0.2, 0) is 7.05 Å². The first-order valence-corrected chi connectivity index (χ1v) is 5.34. The third kappa shape index (κ3) is 1.84. The van der Waals surface area contributed by atoms with E-state index in [1.807, 2.05) is 7.05 Å². The average Bonchev–Trinajstić information content (AvgIpc) is 2.98. The zero-order valence-corrected chi connectivity index (χ0v) is 9.61. The van der Waals surface area contributed by atoms with E-state index in [0.717, 1.165) is 11.1 Å². The van der Waals surface area contributed by atoms with Crippen molar-refractivity contribution in [2.75, 3.05) is 0 Å². The van der Waals surface area contributed by atoms with Gasteiger partial charge in [-0.25, -0.2) is 0 Å². The molecule has 0 unspecified atom stereocenters. The van der Waals surface area contributed by atoms with Crippen molar-refractivity contribution in [2.24, 2.45) is 7.05 Å². The van der Waals surface area contributed by atoms with Crippen LogP contribution in [0.1, 0.15) is 0 Å². The number of nitrogens with zero attached hydrogens (tertiary/aromatic N) is 4. The Kier molecular flexibility index (Phi) is 2.33. The summed E-state index contributed by atoms with van der Waals surface area (Å²) in [5.74, 6) is 1.11. The lowest BCUT2D eigenvalue weighted by atomic mass is 10.2. The van der Waals surface area contributed by atoms with Crippen molar-refractivity contribution in [3.63, 3.8) is 0 Å². The van der Waals surface area contributed by atoms with Crippen LogP contribution < -0.4 is 0 Å². The van der Waals surface area contributed by atoms with E-state index in [9.17, 15) is 5.11 Å². The molecular weight excluding hydrogens is 232 g/mol. The topological polar surface area (TPSA) is 77.0 Å². The Morgan fingerprint density at radius 2 is 1.94 bits per heavy atom. The molecule has 0 amide bonds. The van der Waals surface area contributed by atoms with Gasteiger partial charge in [-0.15, -0.1) is 0 Å². The largest absolute Gasteiger partial charge is 0.508 e. The summed E-state index contributed by atoms with van der Waals surface area (Å²) < 4.78 is 6.84. The minimum Gasteiger partial charge on any atom is -0.508 e. The Morgan fingerprint density at radius 3 is 2.61 bits per heavy atom. The van der Waals surface area contributed by atoms with Crippen LogP contribution >= 0.6 is 0 Å². The van der Waals surface area contributed by atoms with Gasteiger partial charge in [0.1, 0.15) is 5.75 Å². The molecule has 0 fully saturated rings. The third-order valence-electron chi connectivity index (χ3n) is 2.50. The van der Waals surface area contributed by atoms with E-state index in [1.165, 1.54) is 0 Å². The quantitative estimate of drug-likeness (QED) is 0.742. The Hall–Kier alpha value is -2.63. The lowest BCUT2D eigenvalue weighted by Crippen LogP contribution is -1.84. The van der Waals surface area contributed by atoms with Gasteiger partial charge in [-0.1, -0.05) is 5.16 Å². The van der Waals surface area contributed by atoms with Crippen molar-refractivity contribution >= 4 is 0 Å². The first-order chi connectivity index (χ1) is 8.72. The number of benzene rings is 1. The SMILES string of the molecule is Cn1cc(-c2nc(-c3ccc(O)cc3)no2)cn1. The summed E-state index contributed by atoms with van der Waals surface area (Å²) in [6, 6.07) is 6.62. The molecule has 0 bridgehead atoms. The normalized spacial score (nSPS) is 10.7. The number of phenols is 1. The van der Waals surface area contributed by atoms with Crippen LogP contribution in [0.4, 0.5) is 0 Å². The number of hydrogen-bond acceptors (Lipinski definition) is 5. The van der Waals surface area contributed by atoms with Gasteiger partial charge in [-0.3, -0.25) is 4.68 Å². The van der Waals surface area contributed by atoms with Gasteiger partial charge in [0.05, 0.1) is 11.8 Å². The van der Waals surface area contributed by atoms with Gasteiger partial charge in [0.2, 0.25) is 5.82 Å². The van der Waals surface area contributed by atoms with E-state index in [0.29, 0.717) is 11.7 Å². The van der Waals surface area contributed by atoms with Crippen LogP contribution in [0, 0.1) is 0 Å². The van der Waals surface area contributed by atoms with Gasteiger partial charge < -0.3 is 9.63 Å². The molecule has 0 aliphatic heterocycles. The molecular formula is C12H10N4O2. The Bertz CT molecular complexity index is 669. The maximum atomic E-state index is 9.21. The zero-order chi connectivity index (χ0) is 12.5. The van der Waals surface area contributed by atoms with E-state index < -0.39 is 0 Å². The fraction of sp³-hybridized carbons (Fsp3) is 0.0833. The van der Waals surface area contributed by atoms with Crippen LogP contribution in [0.15, 0.2) is 41.2 Å². The molecule has 3 aromatic rings. The van der Waals surface area contributed by atoms with E-state index in [1.54, 1.807) is 41.3 Å². The van der Waals surface area contributed by atoms with E-state index in [-0.39, 0.29) is 5.75 Å². The molecule has 2 aromatic heterocycles. The second-order valence-corrected chi connectivity index (χ2v) is 3.87. The molecule has 6 heteroatoms. The van der Waals surface area contributed by atoms with Gasteiger partial charge in [-0.2, -0.15) is 10.1 Å². The third-order valence-corrected chi connectivity index (χ3v) is 2.50. The molecule has 0 radical (unpaired) electrons. The second kappa shape index (κ2) is 3.99. The molecule has 0 spiro atoms. The first-order valence-electron chi connectivity index (χ1n) is 5.34. The minimum atomic E-state index is 0.203. The van der Waals surface area contributed by atoms with Crippen molar-refractivity contribution in [3.05, 3.63) is 36.7 Å². The summed E-state index contributed by atoms with van der Waals surface area (Å²) >= 11 is 0. The molecule has 1 N–H and O–H groups in total. The number of aryl methyl sites for hydroxylation is 1. The maximum Gasteiger partial charge on any atom is 0.261 e. The van der Waals surface area contributed by atoms with Crippen LogP contribution in [-0.4, -0.2) is 25.0 Å². The number of aromatic hydroxyl groups is 1.